The number of hydrogen-bond acceptors (Lipinski definition) is 4. The molecule has 0 saturated carbocycles. The molecule has 2 N–H and O–H groups in total. The van der Waals surface area contributed by atoms with Gasteiger partial charge in [-0.25, -0.2) is 9.97 Å². The van der Waals surface area contributed by atoms with Crippen LogP contribution in [0.25, 0.3) is 0 Å². The second-order valence-corrected chi connectivity index (χ2v) is 4.83. The van der Waals surface area contributed by atoms with Gasteiger partial charge in [0, 0.05) is 42.0 Å². The number of hydrogen-bond donors (Lipinski definition) is 2. The second-order valence-electron chi connectivity index (χ2n) is 3.94. The van der Waals surface area contributed by atoms with Gasteiger partial charge in [-0.1, -0.05) is 6.92 Å². The van der Waals surface area contributed by atoms with Gasteiger partial charge in [-0.3, -0.25) is 0 Å². The molecular formula is C11H16N4S. The van der Waals surface area contributed by atoms with Crippen LogP contribution in [0.3, 0.4) is 0 Å². The summed E-state index contributed by atoms with van der Waals surface area (Å²) in [6.45, 7) is 5.99. The monoisotopic (exact) mass is 236 g/mol. The highest BCUT2D eigenvalue weighted by Gasteiger charge is 2.08. The van der Waals surface area contributed by atoms with Crippen LogP contribution in [0.4, 0.5) is 0 Å². The smallest absolute Gasteiger partial charge is 0.0969 e. The number of aromatic nitrogens is 3. The molecule has 1 atom stereocenters. The van der Waals surface area contributed by atoms with Crippen molar-refractivity contribution in [3.63, 3.8) is 0 Å². The Morgan fingerprint density at radius 1 is 1.56 bits per heavy atom. The number of H-pyrrole nitrogens is 1. The Bertz CT molecular complexity index is 421. The Balaban J connectivity index is 1.78. The van der Waals surface area contributed by atoms with Crippen molar-refractivity contribution in [1.29, 1.82) is 0 Å². The highest BCUT2D eigenvalue weighted by Crippen LogP contribution is 2.18. The van der Waals surface area contributed by atoms with Crippen molar-refractivity contribution in [3.8, 4) is 0 Å². The van der Waals surface area contributed by atoms with Gasteiger partial charge in [0.15, 0.2) is 0 Å². The van der Waals surface area contributed by atoms with Gasteiger partial charge in [0.1, 0.15) is 0 Å². The summed E-state index contributed by atoms with van der Waals surface area (Å²) in [5.41, 5.74) is 2.22. The minimum Gasteiger partial charge on any atom is -0.347 e. The van der Waals surface area contributed by atoms with Crippen LogP contribution in [-0.4, -0.2) is 21.5 Å². The number of thiazole rings is 1. The summed E-state index contributed by atoms with van der Waals surface area (Å²) >= 11 is 1.73. The quantitative estimate of drug-likeness (QED) is 0.835. The zero-order valence-corrected chi connectivity index (χ0v) is 10.3. The van der Waals surface area contributed by atoms with E-state index in [4.69, 9.17) is 0 Å². The van der Waals surface area contributed by atoms with Gasteiger partial charge in [-0.15, -0.1) is 11.3 Å². The van der Waals surface area contributed by atoms with E-state index in [0.717, 1.165) is 24.5 Å². The molecule has 0 radical (unpaired) electrons. The predicted octanol–water partition coefficient (Wildman–Crippen LogP) is 2.07. The van der Waals surface area contributed by atoms with E-state index in [9.17, 15) is 0 Å². The number of imidazole rings is 1. The maximum atomic E-state index is 4.48. The minimum atomic E-state index is 0.460. The molecule has 0 aliphatic heterocycles. The topological polar surface area (TPSA) is 53.6 Å². The fourth-order valence-corrected chi connectivity index (χ4v) is 2.35. The van der Waals surface area contributed by atoms with Crippen molar-refractivity contribution >= 4 is 11.3 Å². The molecule has 2 heterocycles. The third kappa shape index (κ3) is 2.90. The van der Waals surface area contributed by atoms with Crippen molar-refractivity contribution in [2.45, 2.75) is 26.3 Å². The van der Waals surface area contributed by atoms with Gasteiger partial charge in [0.25, 0.3) is 0 Å². The van der Waals surface area contributed by atoms with Crippen LogP contribution in [0.5, 0.6) is 0 Å². The Morgan fingerprint density at radius 2 is 2.44 bits per heavy atom. The van der Waals surface area contributed by atoms with Crippen molar-refractivity contribution in [2.24, 2.45) is 0 Å². The molecule has 5 heteroatoms. The largest absolute Gasteiger partial charge is 0.347 e. The molecule has 1 unspecified atom stereocenters. The molecule has 0 saturated heterocycles. The Hall–Kier alpha value is -1.20. The molecule has 2 aromatic rings. The van der Waals surface area contributed by atoms with Gasteiger partial charge >= 0.3 is 0 Å². The Morgan fingerprint density at radius 3 is 3.06 bits per heavy atom. The highest BCUT2D eigenvalue weighted by molar-refractivity contribution is 7.09. The van der Waals surface area contributed by atoms with Gasteiger partial charge in [0.2, 0.25) is 0 Å². The van der Waals surface area contributed by atoms with Crippen LogP contribution in [-0.2, 0) is 6.54 Å². The molecule has 0 aromatic carbocycles. The molecule has 0 amide bonds. The fourth-order valence-electron chi connectivity index (χ4n) is 1.49. The summed E-state index contributed by atoms with van der Waals surface area (Å²) in [4.78, 5) is 11.5. The molecule has 2 aromatic heterocycles. The second kappa shape index (κ2) is 5.23. The molecule has 0 aliphatic carbocycles. The average molecular weight is 236 g/mol. The van der Waals surface area contributed by atoms with Gasteiger partial charge < -0.3 is 10.3 Å². The molecular weight excluding hydrogens is 220 g/mol. The number of rotatable bonds is 5. The minimum absolute atomic E-state index is 0.460. The Kier molecular flexibility index (Phi) is 3.69. The lowest BCUT2D eigenvalue weighted by molar-refractivity contribution is 0.607. The summed E-state index contributed by atoms with van der Waals surface area (Å²) in [5.74, 6) is 0.460. The first-order valence-electron chi connectivity index (χ1n) is 5.35. The summed E-state index contributed by atoms with van der Waals surface area (Å²) in [5, 5.41) is 6.69. The normalized spacial score (nSPS) is 12.9. The number of nitrogens with zero attached hydrogens (tertiary/aromatic N) is 2. The van der Waals surface area contributed by atoms with Gasteiger partial charge in [0.05, 0.1) is 11.3 Å². The van der Waals surface area contributed by atoms with E-state index in [1.165, 1.54) is 5.01 Å². The molecule has 0 spiro atoms. The van der Waals surface area contributed by atoms with Crippen LogP contribution in [0.15, 0.2) is 17.9 Å². The van der Waals surface area contributed by atoms with E-state index in [-0.39, 0.29) is 0 Å². The van der Waals surface area contributed by atoms with Gasteiger partial charge in [-0.05, 0) is 6.92 Å². The summed E-state index contributed by atoms with van der Waals surface area (Å²) in [7, 11) is 0. The van der Waals surface area contributed by atoms with Crippen molar-refractivity contribution in [2.75, 3.05) is 6.54 Å². The van der Waals surface area contributed by atoms with E-state index in [1.54, 1.807) is 17.7 Å². The first-order chi connectivity index (χ1) is 7.75. The average Bonchev–Trinajstić information content (AvgIpc) is 2.89. The van der Waals surface area contributed by atoms with E-state index in [1.807, 2.05) is 13.1 Å². The molecule has 86 valence electrons. The van der Waals surface area contributed by atoms with Gasteiger partial charge in [-0.2, -0.15) is 0 Å². The SMILES string of the molecule is Cc1csc(C(C)CNCc2cnc[nH]2)n1. The fraction of sp³-hybridized carbons (Fsp3) is 0.455. The van der Waals surface area contributed by atoms with E-state index in [0.29, 0.717) is 5.92 Å². The zero-order chi connectivity index (χ0) is 11.4. The van der Waals surface area contributed by atoms with Crippen molar-refractivity contribution in [1.82, 2.24) is 20.3 Å². The summed E-state index contributed by atoms with van der Waals surface area (Å²) < 4.78 is 0. The molecule has 0 aliphatic rings. The number of nitrogens with one attached hydrogen (secondary N) is 2. The van der Waals surface area contributed by atoms with Crippen molar-refractivity contribution in [3.05, 3.63) is 34.3 Å². The standard InChI is InChI=1S/C11H16N4S/c1-8(11-15-9(2)6-16-11)3-12-4-10-5-13-7-14-10/h5-8,12H,3-4H2,1-2H3,(H,13,14). The predicted molar refractivity (Wildman–Crippen MR) is 65.6 cm³/mol. The third-order valence-corrected chi connectivity index (χ3v) is 3.57. The first kappa shape index (κ1) is 11.3. The van der Waals surface area contributed by atoms with Crippen LogP contribution >= 0.6 is 11.3 Å². The maximum Gasteiger partial charge on any atom is 0.0969 e. The summed E-state index contributed by atoms with van der Waals surface area (Å²) in [6, 6.07) is 0. The van der Waals surface area contributed by atoms with E-state index in [2.05, 4.69) is 32.6 Å². The van der Waals surface area contributed by atoms with Crippen LogP contribution in [0.2, 0.25) is 0 Å². The maximum absolute atomic E-state index is 4.48. The molecule has 2 rings (SSSR count). The summed E-state index contributed by atoms with van der Waals surface area (Å²) in [6.07, 6.45) is 3.54. The third-order valence-electron chi connectivity index (χ3n) is 2.38. The van der Waals surface area contributed by atoms with E-state index >= 15 is 0 Å². The Labute approximate surface area is 99.2 Å². The molecule has 0 bridgehead atoms. The van der Waals surface area contributed by atoms with Crippen molar-refractivity contribution < 1.29 is 0 Å². The highest BCUT2D eigenvalue weighted by atomic mass is 32.1. The first-order valence-corrected chi connectivity index (χ1v) is 6.23. The number of aryl methyl sites for hydroxylation is 1. The zero-order valence-electron chi connectivity index (χ0n) is 9.53. The van der Waals surface area contributed by atoms with Crippen LogP contribution in [0.1, 0.15) is 29.2 Å². The van der Waals surface area contributed by atoms with E-state index < -0.39 is 0 Å². The lowest BCUT2D eigenvalue weighted by Crippen LogP contribution is -2.19. The number of aromatic amines is 1. The van der Waals surface area contributed by atoms with Crippen LogP contribution in [0, 0.1) is 6.92 Å². The molecule has 4 nitrogen and oxygen atoms in total. The lowest BCUT2D eigenvalue weighted by Gasteiger charge is -2.08. The lowest BCUT2D eigenvalue weighted by atomic mass is 10.2. The molecule has 16 heavy (non-hydrogen) atoms. The van der Waals surface area contributed by atoms with Crippen LogP contribution < -0.4 is 5.32 Å². The molecule has 0 fully saturated rings.